The summed E-state index contributed by atoms with van der Waals surface area (Å²) in [5, 5.41) is 2.99. The van der Waals surface area contributed by atoms with E-state index in [9.17, 15) is 8.42 Å². The van der Waals surface area contributed by atoms with Gasteiger partial charge in [-0.05, 0) is 34.6 Å². The van der Waals surface area contributed by atoms with E-state index in [0.717, 1.165) is 10.3 Å². The van der Waals surface area contributed by atoms with E-state index in [2.05, 4.69) is 21.2 Å². The molecule has 14 heavy (non-hydrogen) atoms. The first-order valence-corrected chi connectivity index (χ1v) is 7.51. The van der Waals surface area contributed by atoms with Gasteiger partial charge in [0, 0.05) is 6.54 Å². The lowest BCUT2D eigenvalue weighted by molar-refractivity contribution is 0.594. The topological polar surface area (TPSA) is 46.2 Å². The van der Waals surface area contributed by atoms with Gasteiger partial charge in [-0.2, -0.15) is 0 Å². The zero-order chi connectivity index (χ0) is 10.6. The van der Waals surface area contributed by atoms with Crippen LogP contribution in [0.25, 0.3) is 0 Å². The van der Waals surface area contributed by atoms with Crippen LogP contribution in [0.2, 0.25) is 0 Å². The van der Waals surface area contributed by atoms with Crippen LogP contribution in [0, 0.1) is 0 Å². The van der Waals surface area contributed by atoms with Crippen LogP contribution in [0.15, 0.2) is 20.1 Å². The highest BCUT2D eigenvalue weighted by Gasteiger charge is 2.15. The SMILES string of the molecule is CCNCCS(=O)(=O)c1ccc(Br)s1. The molecule has 0 atom stereocenters. The quantitative estimate of drug-likeness (QED) is 0.845. The Morgan fingerprint density at radius 2 is 2.21 bits per heavy atom. The van der Waals surface area contributed by atoms with E-state index in [0.29, 0.717) is 10.8 Å². The maximum atomic E-state index is 11.7. The van der Waals surface area contributed by atoms with Crippen molar-refractivity contribution in [2.45, 2.75) is 11.1 Å². The highest BCUT2D eigenvalue weighted by Crippen LogP contribution is 2.26. The lowest BCUT2D eigenvalue weighted by atomic mass is 10.7. The molecule has 0 aromatic carbocycles. The van der Waals surface area contributed by atoms with Gasteiger partial charge >= 0.3 is 0 Å². The summed E-state index contributed by atoms with van der Waals surface area (Å²) >= 11 is 4.50. The molecule has 1 aromatic rings. The molecule has 1 aromatic heterocycles. The number of halogens is 1. The van der Waals surface area contributed by atoms with E-state index >= 15 is 0 Å². The van der Waals surface area contributed by atoms with Crippen LogP contribution in [0.1, 0.15) is 6.92 Å². The molecule has 0 aliphatic rings. The predicted octanol–water partition coefficient (Wildman–Crippen LogP) is 1.89. The van der Waals surface area contributed by atoms with E-state index in [1.165, 1.54) is 11.3 Å². The van der Waals surface area contributed by atoms with Crippen molar-refractivity contribution < 1.29 is 8.42 Å². The molecular formula is C8H12BrNO2S2. The molecule has 0 aliphatic heterocycles. The number of rotatable bonds is 5. The van der Waals surface area contributed by atoms with Crippen molar-refractivity contribution in [3.8, 4) is 0 Å². The maximum Gasteiger partial charge on any atom is 0.189 e. The molecule has 6 heteroatoms. The highest BCUT2D eigenvalue weighted by atomic mass is 79.9. The van der Waals surface area contributed by atoms with E-state index in [-0.39, 0.29) is 5.75 Å². The molecule has 0 radical (unpaired) electrons. The third kappa shape index (κ3) is 3.34. The van der Waals surface area contributed by atoms with E-state index < -0.39 is 9.84 Å². The molecule has 0 aliphatic carbocycles. The Balaban J connectivity index is 2.66. The van der Waals surface area contributed by atoms with Gasteiger partial charge in [0.2, 0.25) is 0 Å². The fourth-order valence-corrected chi connectivity index (χ4v) is 4.31. The second kappa shape index (κ2) is 5.25. The molecule has 1 heterocycles. The minimum Gasteiger partial charge on any atom is -0.316 e. The summed E-state index contributed by atoms with van der Waals surface area (Å²) in [6.07, 6.45) is 0. The molecule has 0 fully saturated rings. The predicted molar refractivity (Wildman–Crippen MR) is 62.6 cm³/mol. The number of hydrogen-bond acceptors (Lipinski definition) is 4. The van der Waals surface area contributed by atoms with Crippen molar-refractivity contribution in [2.75, 3.05) is 18.8 Å². The van der Waals surface area contributed by atoms with Gasteiger partial charge in [0.25, 0.3) is 0 Å². The molecule has 0 bridgehead atoms. The Bertz CT molecular complexity index is 386. The minimum atomic E-state index is -3.09. The molecule has 0 unspecified atom stereocenters. The maximum absolute atomic E-state index is 11.7. The van der Waals surface area contributed by atoms with Crippen LogP contribution < -0.4 is 5.32 Å². The first-order chi connectivity index (χ1) is 6.56. The van der Waals surface area contributed by atoms with Crippen LogP contribution >= 0.6 is 27.3 Å². The highest BCUT2D eigenvalue weighted by molar-refractivity contribution is 9.11. The van der Waals surface area contributed by atoms with Gasteiger partial charge in [-0.1, -0.05) is 6.92 Å². The zero-order valence-corrected chi connectivity index (χ0v) is 11.0. The Hall–Kier alpha value is 0.0900. The Morgan fingerprint density at radius 3 is 2.71 bits per heavy atom. The van der Waals surface area contributed by atoms with Crippen LogP contribution in [0.3, 0.4) is 0 Å². The summed E-state index contributed by atoms with van der Waals surface area (Å²) in [5.74, 6) is 0.161. The molecule has 1 N–H and O–H groups in total. The van der Waals surface area contributed by atoms with Crippen molar-refractivity contribution in [1.82, 2.24) is 5.32 Å². The smallest absolute Gasteiger partial charge is 0.189 e. The average Bonchev–Trinajstić information content (AvgIpc) is 2.53. The summed E-state index contributed by atoms with van der Waals surface area (Å²) < 4.78 is 24.6. The molecule has 1 rings (SSSR count). The van der Waals surface area contributed by atoms with Gasteiger partial charge in [-0.25, -0.2) is 8.42 Å². The molecule has 0 saturated carbocycles. The lowest BCUT2D eigenvalue weighted by Crippen LogP contribution is -2.22. The largest absolute Gasteiger partial charge is 0.316 e. The van der Waals surface area contributed by atoms with Gasteiger partial charge in [-0.15, -0.1) is 11.3 Å². The normalized spacial score (nSPS) is 11.9. The fourth-order valence-electron chi connectivity index (χ4n) is 0.949. The Kier molecular flexibility index (Phi) is 4.56. The molecular weight excluding hydrogens is 286 g/mol. The lowest BCUT2D eigenvalue weighted by Gasteiger charge is -2.01. The van der Waals surface area contributed by atoms with Gasteiger partial charge < -0.3 is 5.32 Å². The Labute approximate surface area is 96.6 Å². The monoisotopic (exact) mass is 297 g/mol. The molecule has 0 amide bonds. The first kappa shape index (κ1) is 12.2. The summed E-state index contributed by atoms with van der Waals surface area (Å²) in [7, 11) is -3.09. The third-order valence-electron chi connectivity index (χ3n) is 1.65. The van der Waals surface area contributed by atoms with E-state index in [1.54, 1.807) is 12.1 Å². The van der Waals surface area contributed by atoms with Gasteiger partial charge in [0.15, 0.2) is 9.84 Å². The van der Waals surface area contributed by atoms with Crippen molar-refractivity contribution in [3.05, 3.63) is 15.9 Å². The van der Waals surface area contributed by atoms with Crippen LogP contribution in [0.4, 0.5) is 0 Å². The molecule has 80 valence electrons. The van der Waals surface area contributed by atoms with Crippen molar-refractivity contribution in [3.63, 3.8) is 0 Å². The van der Waals surface area contributed by atoms with Crippen LogP contribution in [-0.2, 0) is 9.84 Å². The summed E-state index contributed by atoms with van der Waals surface area (Å²) in [6, 6.07) is 3.39. The second-order valence-electron chi connectivity index (χ2n) is 2.73. The summed E-state index contributed by atoms with van der Waals surface area (Å²) in [4.78, 5) is 0. The zero-order valence-electron chi connectivity index (χ0n) is 7.79. The first-order valence-electron chi connectivity index (χ1n) is 4.25. The number of nitrogens with one attached hydrogen (secondary N) is 1. The average molecular weight is 298 g/mol. The standard InChI is InChI=1S/C8H12BrNO2S2/c1-2-10-5-6-14(11,12)8-4-3-7(9)13-8/h3-4,10H,2,5-6H2,1H3. The summed E-state index contributed by atoms with van der Waals surface area (Å²) in [5.41, 5.74) is 0. The minimum absolute atomic E-state index is 0.161. The summed E-state index contributed by atoms with van der Waals surface area (Å²) in [6.45, 7) is 3.26. The number of thiophene rings is 1. The second-order valence-corrected chi connectivity index (χ2v) is 7.53. The van der Waals surface area contributed by atoms with E-state index in [4.69, 9.17) is 0 Å². The van der Waals surface area contributed by atoms with Crippen molar-refractivity contribution in [2.24, 2.45) is 0 Å². The van der Waals surface area contributed by atoms with Gasteiger partial charge in [0.05, 0.1) is 9.54 Å². The fraction of sp³-hybridized carbons (Fsp3) is 0.500. The molecule has 0 saturated heterocycles. The number of hydrogen-bond donors (Lipinski definition) is 1. The van der Waals surface area contributed by atoms with Crippen LogP contribution in [-0.4, -0.2) is 27.3 Å². The van der Waals surface area contributed by atoms with Gasteiger partial charge in [-0.3, -0.25) is 0 Å². The van der Waals surface area contributed by atoms with Crippen molar-refractivity contribution in [1.29, 1.82) is 0 Å². The third-order valence-corrected chi connectivity index (χ3v) is 5.57. The molecule has 3 nitrogen and oxygen atoms in total. The Morgan fingerprint density at radius 1 is 1.50 bits per heavy atom. The van der Waals surface area contributed by atoms with Gasteiger partial charge in [0.1, 0.15) is 4.21 Å². The molecule has 0 spiro atoms. The number of sulfone groups is 1. The van der Waals surface area contributed by atoms with E-state index in [1.807, 2.05) is 6.92 Å². The van der Waals surface area contributed by atoms with Crippen LogP contribution in [0.5, 0.6) is 0 Å². The van der Waals surface area contributed by atoms with Crippen molar-refractivity contribution >= 4 is 37.1 Å².